The molecule has 3 rings (SSSR count). The minimum Gasteiger partial charge on any atom is -0.333 e. The molecule has 0 fully saturated rings. The van der Waals surface area contributed by atoms with Crippen molar-refractivity contribution in [2.24, 2.45) is 0 Å². The zero-order valence-electron chi connectivity index (χ0n) is 11.5. The lowest BCUT2D eigenvalue weighted by Gasteiger charge is -2.10. The Bertz CT molecular complexity index is 714. The molecule has 0 radical (unpaired) electrons. The molecule has 1 heterocycles. The predicted molar refractivity (Wildman–Crippen MR) is 88.0 cm³/mol. The molecule has 21 heavy (non-hydrogen) atoms. The van der Waals surface area contributed by atoms with E-state index in [1.807, 2.05) is 55.0 Å². The molecule has 3 aromatic rings. The highest BCUT2D eigenvalue weighted by Gasteiger charge is 2.03. The van der Waals surface area contributed by atoms with Crippen molar-refractivity contribution in [2.45, 2.75) is 6.54 Å². The first kappa shape index (κ1) is 13.7. The summed E-state index contributed by atoms with van der Waals surface area (Å²) in [5.74, 6) is 0. The summed E-state index contributed by atoms with van der Waals surface area (Å²) < 4.78 is 2.06. The highest BCUT2D eigenvalue weighted by atomic mass is 35.5. The maximum atomic E-state index is 5.98. The third-order valence-corrected chi connectivity index (χ3v) is 3.52. The molecule has 2 aromatic carbocycles. The Hall–Kier alpha value is -2.32. The van der Waals surface area contributed by atoms with Crippen molar-refractivity contribution in [3.63, 3.8) is 0 Å². The molecular formula is C18H15ClN2. The minimum atomic E-state index is 0.750. The third kappa shape index (κ3) is 3.61. The van der Waals surface area contributed by atoms with Gasteiger partial charge in [-0.2, -0.15) is 0 Å². The van der Waals surface area contributed by atoms with Crippen LogP contribution in [0.2, 0.25) is 5.02 Å². The van der Waals surface area contributed by atoms with Crippen LogP contribution in [0.5, 0.6) is 0 Å². The zero-order valence-corrected chi connectivity index (χ0v) is 12.2. The molecule has 0 N–H and O–H groups in total. The van der Waals surface area contributed by atoms with Crippen LogP contribution in [0.15, 0.2) is 73.3 Å². The Labute approximate surface area is 129 Å². The fourth-order valence-electron chi connectivity index (χ4n) is 2.21. The van der Waals surface area contributed by atoms with Crippen LogP contribution in [0.3, 0.4) is 0 Å². The molecule has 1 aromatic heterocycles. The highest BCUT2D eigenvalue weighted by Crippen LogP contribution is 2.22. The van der Waals surface area contributed by atoms with E-state index in [4.69, 9.17) is 11.6 Å². The van der Waals surface area contributed by atoms with E-state index in [1.165, 1.54) is 11.1 Å². The maximum Gasteiger partial charge on any atom is 0.0949 e. The van der Waals surface area contributed by atoms with Crippen LogP contribution in [-0.2, 0) is 6.54 Å². The fraction of sp³-hybridized carbons (Fsp3) is 0.0556. The monoisotopic (exact) mass is 294 g/mol. The molecule has 0 aliphatic rings. The van der Waals surface area contributed by atoms with Crippen molar-refractivity contribution < 1.29 is 0 Å². The van der Waals surface area contributed by atoms with Gasteiger partial charge in [0.15, 0.2) is 0 Å². The number of imidazole rings is 1. The summed E-state index contributed by atoms with van der Waals surface area (Å²) in [5, 5.41) is 0.750. The number of allylic oxidation sites excluding steroid dienone is 1. The number of benzene rings is 2. The van der Waals surface area contributed by atoms with E-state index in [0.29, 0.717) is 0 Å². The Morgan fingerprint density at radius 2 is 1.81 bits per heavy atom. The summed E-state index contributed by atoms with van der Waals surface area (Å²) in [6, 6.07) is 18.3. The molecule has 0 unspecified atom stereocenters. The van der Waals surface area contributed by atoms with Crippen LogP contribution in [0.25, 0.3) is 11.6 Å². The average Bonchev–Trinajstić information content (AvgIpc) is 3.01. The maximum absolute atomic E-state index is 5.98. The summed E-state index contributed by atoms with van der Waals surface area (Å²) >= 11 is 5.98. The van der Waals surface area contributed by atoms with E-state index in [9.17, 15) is 0 Å². The van der Waals surface area contributed by atoms with Crippen LogP contribution >= 0.6 is 11.6 Å². The van der Waals surface area contributed by atoms with Crippen LogP contribution in [0, 0.1) is 0 Å². The SMILES string of the molecule is Clc1ccc(/C(=C/c2ccccc2)Cn2ccnc2)cc1. The normalized spacial score (nSPS) is 11.6. The average molecular weight is 295 g/mol. The second-order valence-electron chi connectivity index (χ2n) is 4.82. The van der Waals surface area contributed by atoms with Crippen LogP contribution < -0.4 is 0 Å². The van der Waals surface area contributed by atoms with Gasteiger partial charge in [0.1, 0.15) is 0 Å². The minimum absolute atomic E-state index is 0.750. The van der Waals surface area contributed by atoms with Gasteiger partial charge in [0.2, 0.25) is 0 Å². The highest BCUT2D eigenvalue weighted by molar-refractivity contribution is 6.30. The van der Waals surface area contributed by atoms with Gasteiger partial charge in [-0.1, -0.05) is 54.1 Å². The molecular weight excluding hydrogens is 280 g/mol. The van der Waals surface area contributed by atoms with Gasteiger partial charge in [0.05, 0.1) is 6.33 Å². The quantitative estimate of drug-likeness (QED) is 0.633. The van der Waals surface area contributed by atoms with Crippen molar-refractivity contribution in [3.8, 4) is 0 Å². The summed E-state index contributed by atoms with van der Waals surface area (Å²) in [5.41, 5.74) is 3.57. The lowest BCUT2D eigenvalue weighted by Crippen LogP contribution is -1.98. The van der Waals surface area contributed by atoms with Crippen LogP contribution in [-0.4, -0.2) is 9.55 Å². The van der Waals surface area contributed by atoms with E-state index in [2.05, 4.69) is 27.8 Å². The van der Waals surface area contributed by atoms with Crippen molar-refractivity contribution in [1.29, 1.82) is 0 Å². The number of rotatable bonds is 4. The standard InChI is InChI=1S/C18H15ClN2/c19-18-8-6-16(7-9-18)17(13-21-11-10-20-14-21)12-15-4-2-1-3-5-15/h1-12,14H,13H2/b17-12+. The first-order chi connectivity index (χ1) is 10.3. The van der Waals surface area contributed by atoms with Gasteiger partial charge in [-0.15, -0.1) is 0 Å². The number of hydrogen-bond acceptors (Lipinski definition) is 1. The molecule has 0 aliphatic carbocycles. The van der Waals surface area contributed by atoms with E-state index in [0.717, 1.165) is 17.1 Å². The molecule has 0 atom stereocenters. The topological polar surface area (TPSA) is 17.8 Å². The molecule has 0 saturated carbocycles. The summed E-state index contributed by atoms with van der Waals surface area (Å²) in [6.07, 6.45) is 7.79. The number of aromatic nitrogens is 2. The Kier molecular flexibility index (Phi) is 4.17. The van der Waals surface area contributed by atoms with Crippen LogP contribution in [0.4, 0.5) is 0 Å². The summed E-state index contributed by atoms with van der Waals surface area (Å²) in [6.45, 7) is 0.774. The number of nitrogens with zero attached hydrogens (tertiary/aromatic N) is 2. The Balaban J connectivity index is 1.98. The van der Waals surface area contributed by atoms with Gasteiger partial charge in [-0.05, 0) is 34.9 Å². The second kappa shape index (κ2) is 6.42. The molecule has 0 saturated heterocycles. The van der Waals surface area contributed by atoms with E-state index in [-0.39, 0.29) is 0 Å². The first-order valence-corrected chi connectivity index (χ1v) is 7.16. The van der Waals surface area contributed by atoms with E-state index >= 15 is 0 Å². The van der Waals surface area contributed by atoms with E-state index < -0.39 is 0 Å². The summed E-state index contributed by atoms with van der Waals surface area (Å²) in [4.78, 5) is 4.10. The molecule has 0 aliphatic heterocycles. The zero-order chi connectivity index (χ0) is 14.5. The second-order valence-corrected chi connectivity index (χ2v) is 5.26. The lowest BCUT2D eigenvalue weighted by molar-refractivity contribution is 0.836. The smallest absolute Gasteiger partial charge is 0.0949 e. The summed E-state index contributed by atoms with van der Waals surface area (Å²) in [7, 11) is 0. The third-order valence-electron chi connectivity index (χ3n) is 3.27. The van der Waals surface area contributed by atoms with Gasteiger partial charge >= 0.3 is 0 Å². The predicted octanol–water partition coefficient (Wildman–Crippen LogP) is 4.78. The number of halogens is 1. The molecule has 3 heteroatoms. The van der Waals surface area contributed by atoms with Gasteiger partial charge in [-0.25, -0.2) is 4.98 Å². The first-order valence-electron chi connectivity index (χ1n) is 6.78. The molecule has 0 amide bonds. The van der Waals surface area contributed by atoms with Gasteiger partial charge in [-0.3, -0.25) is 0 Å². The van der Waals surface area contributed by atoms with Crippen molar-refractivity contribution in [1.82, 2.24) is 9.55 Å². The van der Waals surface area contributed by atoms with Crippen molar-refractivity contribution >= 4 is 23.3 Å². The molecule has 104 valence electrons. The van der Waals surface area contributed by atoms with Gasteiger partial charge in [0.25, 0.3) is 0 Å². The van der Waals surface area contributed by atoms with Crippen LogP contribution in [0.1, 0.15) is 11.1 Å². The molecule has 0 bridgehead atoms. The number of hydrogen-bond donors (Lipinski definition) is 0. The van der Waals surface area contributed by atoms with Gasteiger partial charge in [0, 0.05) is 24.0 Å². The van der Waals surface area contributed by atoms with Crippen molar-refractivity contribution in [2.75, 3.05) is 0 Å². The molecule has 0 spiro atoms. The lowest BCUT2D eigenvalue weighted by atomic mass is 10.0. The van der Waals surface area contributed by atoms with Gasteiger partial charge < -0.3 is 4.57 Å². The van der Waals surface area contributed by atoms with E-state index in [1.54, 1.807) is 6.20 Å². The Morgan fingerprint density at radius 3 is 2.48 bits per heavy atom. The Morgan fingerprint density at radius 1 is 1.05 bits per heavy atom. The largest absolute Gasteiger partial charge is 0.333 e. The molecule has 2 nitrogen and oxygen atoms in total. The van der Waals surface area contributed by atoms with Crippen molar-refractivity contribution in [3.05, 3.63) is 89.5 Å². The fourth-order valence-corrected chi connectivity index (χ4v) is 2.34.